The monoisotopic (exact) mass is 225 g/mol. The fraction of sp³-hybridized carbons (Fsp3) is 0.500. The molecule has 0 aliphatic rings. The van der Waals surface area contributed by atoms with E-state index >= 15 is 0 Å². The van der Waals surface area contributed by atoms with Crippen molar-refractivity contribution in [3.63, 3.8) is 0 Å². The topological polar surface area (TPSA) is 61.7 Å². The minimum absolute atomic E-state index is 0.0442. The summed E-state index contributed by atoms with van der Waals surface area (Å²) in [6.07, 6.45) is 0. The summed E-state index contributed by atoms with van der Waals surface area (Å²) in [5, 5.41) is 22.3. The van der Waals surface area contributed by atoms with Crippen LogP contribution in [0.25, 0.3) is 0 Å². The van der Waals surface area contributed by atoms with Crippen molar-refractivity contribution in [1.82, 2.24) is 5.32 Å². The molecule has 1 aromatic carbocycles. The van der Waals surface area contributed by atoms with Crippen LogP contribution in [-0.4, -0.2) is 30.0 Å². The van der Waals surface area contributed by atoms with Crippen molar-refractivity contribution in [2.45, 2.75) is 25.9 Å². The van der Waals surface area contributed by atoms with Crippen molar-refractivity contribution < 1.29 is 14.9 Å². The van der Waals surface area contributed by atoms with Gasteiger partial charge in [0.1, 0.15) is 11.5 Å². The van der Waals surface area contributed by atoms with Gasteiger partial charge in [-0.2, -0.15) is 0 Å². The van der Waals surface area contributed by atoms with E-state index in [2.05, 4.69) is 5.32 Å². The number of rotatable bonds is 5. The van der Waals surface area contributed by atoms with E-state index in [0.717, 1.165) is 0 Å². The van der Waals surface area contributed by atoms with Gasteiger partial charge in [-0.05, 0) is 32.0 Å². The summed E-state index contributed by atoms with van der Waals surface area (Å²) < 4.78 is 5.02. The van der Waals surface area contributed by atoms with Gasteiger partial charge in [-0.15, -0.1) is 0 Å². The van der Waals surface area contributed by atoms with E-state index in [1.54, 1.807) is 13.2 Å². The maximum atomic E-state index is 9.67. The zero-order valence-corrected chi connectivity index (χ0v) is 9.90. The SMILES string of the molecule is COCC(C)NC(C)c1cc(O)ccc1O. The quantitative estimate of drug-likeness (QED) is 0.668. The molecule has 0 heterocycles. The van der Waals surface area contributed by atoms with Gasteiger partial charge in [-0.25, -0.2) is 0 Å². The normalized spacial score (nSPS) is 14.7. The lowest BCUT2D eigenvalue weighted by molar-refractivity contribution is 0.167. The average molecular weight is 225 g/mol. The third-order valence-corrected chi connectivity index (χ3v) is 2.43. The predicted octanol–water partition coefficient (Wildman–Crippen LogP) is 1.78. The Morgan fingerprint density at radius 3 is 2.62 bits per heavy atom. The van der Waals surface area contributed by atoms with E-state index in [1.165, 1.54) is 12.1 Å². The van der Waals surface area contributed by atoms with Crippen LogP contribution in [0.15, 0.2) is 18.2 Å². The van der Waals surface area contributed by atoms with Gasteiger partial charge in [-0.3, -0.25) is 0 Å². The van der Waals surface area contributed by atoms with Gasteiger partial charge in [0.15, 0.2) is 0 Å². The molecule has 1 rings (SSSR count). The first-order chi connectivity index (χ1) is 7.54. The Bertz CT molecular complexity index is 341. The van der Waals surface area contributed by atoms with Gasteiger partial charge in [0.05, 0.1) is 6.61 Å². The molecule has 0 amide bonds. The van der Waals surface area contributed by atoms with E-state index in [9.17, 15) is 10.2 Å². The fourth-order valence-corrected chi connectivity index (χ4v) is 1.70. The summed E-state index contributed by atoms with van der Waals surface area (Å²) in [7, 11) is 1.65. The van der Waals surface area contributed by atoms with Crippen molar-refractivity contribution >= 4 is 0 Å². The van der Waals surface area contributed by atoms with E-state index in [-0.39, 0.29) is 23.6 Å². The Balaban J connectivity index is 2.72. The summed E-state index contributed by atoms with van der Waals surface area (Å²) in [4.78, 5) is 0. The van der Waals surface area contributed by atoms with E-state index in [0.29, 0.717) is 12.2 Å². The van der Waals surface area contributed by atoms with Crippen molar-refractivity contribution in [3.8, 4) is 11.5 Å². The van der Waals surface area contributed by atoms with E-state index < -0.39 is 0 Å². The van der Waals surface area contributed by atoms with Gasteiger partial charge in [0.2, 0.25) is 0 Å². The van der Waals surface area contributed by atoms with Gasteiger partial charge in [0, 0.05) is 24.8 Å². The summed E-state index contributed by atoms with van der Waals surface area (Å²) >= 11 is 0. The lowest BCUT2D eigenvalue weighted by Crippen LogP contribution is -2.32. The first kappa shape index (κ1) is 12.8. The molecule has 2 unspecified atom stereocenters. The second-order valence-corrected chi connectivity index (χ2v) is 3.99. The van der Waals surface area contributed by atoms with Gasteiger partial charge >= 0.3 is 0 Å². The average Bonchev–Trinajstić information content (AvgIpc) is 2.21. The van der Waals surface area contributed by atoms with Crippen molar-refractivity contribution in [2.75, 3.05) is 13.7 Å². The highest BCUT2D eigenvalue weighted by Gasteiger charge is 2.13. The molecule has 4 heteroatoms. The molecular formula is C12H19NO3. The largest absolute Gasteiger partial charge is 0.508 e. The van der Waals surface area contributed by atoms with Crippen LogP contribution in [0.5, 0.6) is 11.5 Å². The smallest absolute Gasteiger partial charge is 0.120 e. The highest BCUT2D eigenvalue weighted by Crippen LogP contribution is 2.27. The molecule has 3 N–H and O–H groups in total. The second-order valence-electron chi connectivity index (χ2n) is 3.99. The number of methoxy groups -OCH3 is 1. The molecular weight excluding hydrogens is 206 g/mol. The summed E-state index contributed by atoms with van der Waals surface area (Å²) in [5.41, 5.74) is 0.683. The highest BCUT2D eigenvalue weighted by molar-refractivity contribution is 5.40. The molecule has 0 saturated heterocycles. The zero-order chi connectivity index (χ0) is 12.1. The van der Waals surface area contributed by atoms with Crippen LogP contribution >= 0.6 is 0 Å². The van der Waals surface area contributed by atoms with Crippen molar-refractivity contribution in [2.24, 2.45) is 0 Å². The molecule has 0 radical (unpaired) electrons. The van der Waals surface area contributed by atoms with Crippen LogP contribution in [0, 0.1) is 0 Å². The van der Waals surface area contributed by atoms with Crippen LogP contribution in [0.4, 0.5) is 0 Å². The third kappa shape index (κ3) is 3.40. The number of phenolic OH excluding ortho intramolecular Hbond substituents is 2. The molecule has 0 aliphatic carbocycles. The Labute approximate surface area is 95.9 Å². The van der Waals surface area contributed by atoms with Crippen LogP contribution in [0.2, 0.25) is 0 Å². The number of hydrogen-bond donors (Lipinski definition) is 3. The fourth-order valence-electron chi connectivity index (χ4n) is 1.70. The predicted molar refractivity (Wildman–Crippen MR) is 62.7 cm³/mol. The summed E-state index contributed by atoms with van der Waals surface area (Å²) in [6, 6.07) is 4.65. The molecule has 2 atom stereocenters. The minimum atomic E-state index is -0.0442. The zero-order valence-electron chi connectivity index (χ0n) is 9.90. The van der Waals surface area contributed by atoms with Gasteiger partial charge < -0.3 is 20.3 Å². The number of benzene rings is 1. The maximum Gasteiger partial charge on any atom is 0.120 e. The summed E-state index contributed by atoms with van der Waals surface area (Å²) in [5.74, 6) is 0.336. The molecule has 0 fully saturated rings. The molecule has 0 bridgehead atoms. The molecule has 0 saturated carbocycles. The maximum absolute atomic E-state index is 9.67. The highest BCUT2D eigenvalue weighted by atomic mass is 16.5. The molecule has 1 aromatic rings. The van der Waals surface area contributed by atoms with Gasteiger partial charge in [0.25, 0.3) is 0 Å². The number of aromatic hydroxyl groups is 2. The summed E-state index contributed by atoms with van der Waals surface area (Å²) in [6.45, 7) is 4.53. The Morgan fingerprint density at radius 1 is 1.31 bits per heavy atom. The molecule has 0 aromatic heterocycles. The first-order valence-corrected chi connectivity index (χ1v) is 5.31. The lowest BCUT2D eigenvalue weighted by Gasteiger charge is -2.20. The molecule has 16 heavy (non-hydrogen) atoms. The van der Waals surface area contributed by atoms with Crippen LogP contribution in [0.3, 0.4) is 0 Å². The number of ether oxygens (including phenoxy) is 1. The van der Waals surface area contributed by atoms with Crippen molar-refractivity contribution in [1.29, 1.82) is 0 Å². The Kier molecular flexibility index (Phi) is 4.58. The van der Waals surface area contributed by atoms with E-state index in [4.69, 9.17) is 4.74 Å². The molecule has 4 nitrogen and oxygen atoms in total. The molecule has 0 aliphatic heterocycles. The molecule has 90 valence electrons. The van der Waals surface area contributed by atoms with Crippen LogP contribution in [0.1, 0.15) is 25.5 Å². The second kappa shape index (κ2) is 5.72. The Morgan fingerprint density at radius 2 is 2.00 bits per heavy atom. The van der Waals surface area contributed by atoms with Crippen LogP contribution in [-0.2, 0) is 4.74 Å². The van der Waals surface area contributed by atoms with Gasteiger partial charge in [-0.1, -0.05) is 0 Å². The Hall–Kier alpha value is -1.26. The minimum Gasteiger partial charge on any atom is -0.508 e. The van der Waals surface area contributed by atoms with Crippen molar-refractivity contribution in [3.05, 3.63) is 23.8 Å². The molecule has 0 spiro atoms. The number of hydrogen-bond acceptors (Lipinski definition) is 4. The number of phenols is 2. The van der Waals surface area contributed by atoms with Crippen LogP contribution < -0.4 is 5.32 Å². The van der Waals surface area contributed by atoms with E-state index in [1.807, 2.05) is 13.8 Å². The third-order valence-electron chi connectivity index (χ3n) is 2.43. The lowest BCUT2D eigenvalue weighted by atomic mass is 10.1. The number of nitrogens with one attached hydrogen (secondary N) is 1. The first-order valence-electron chi connectivity index (χ1n) is 5.31. The standard InChI is InChI=1S/C12H19NO3/c1-8(7-16-3)13-9(2)11-6-10(14)4-5-12(11)15/h4-6,8-9,13-15H,7H2,1-3H3.